The predicted molar refractivity (Wildman–Crippen MR) is 78.0 cm³/mol. The zero-order valence-electron chi connectivity index (χ0n) is 12.2. The SMILES string of the molecule is CC1(C)CCC(C(NN)C2=CCCCCC2)CC1. The Labute approximate surface area is 112 Å². The number of rotatable bonds is 3. The Morgan fingerprint density at radius 2 is 1.94 bits per heavy atom. The zero-order chi connectivity index (χ0) is 13.0. The van der Waals surface area contributed by atoms with E-state index in [0.29, 0.717) is 11.5 Å². The summed E-state index contributed by atoms with van der Waals surface area (Å²) in [5, 5.41) is 0. The number of nitrogens with one attached hydrogen (secondary N) is 1. The minimum atomic E-state index is 0.444. The van der Waals surface area contributed by atoms with Crippen LogP contribution in [-0.2, 0) is 0 Å². The van der Waals surface area contributed by atoms with E-state index < -0.39 is 0 Å². The van der Waals surface area contributed by atoms with Crippen molar-refractivity contribution in [2.24, 2.45) is 17.2 Å². The van der Waals surface area contributed by atoms with Gasteiger partial charge in [-0.15, -0.1) is 0 Å². The molecule has 0 heterocycles. The first-order valence-electron chi connectivity index (χ1n) is 7.77. The van der Waals surface area contributed by atoms with Crippen LogP contribution in [0.25, 0.3) is 0 Å². The van der Waals surface area contributed by atoms with Crippen molar-refractivity contribution in [2.75, 3.05) is 0 Å². The summed E-state index contributed by atoms with van der Waals surface area (Å²) < 4.78 is 0. The van der Waals surface area contributed by atoms with Crippen LogP contribution in [0.5, 0.6) is 0 Å². The van der Waals surface area contributed by atoms with Gasteiger partial charge in [-0.2, -0.15) is 0 Å². The number of nitrogens with two attached hydrogens (primary N) is 1. The van der Waals surface area contributed by atoms with Crippen LogP contribution < -0.4 is 11.3 Å². The molecule has 18 heavy (non-hydrogen) atoms. The molecule has 0 amide bonds. The summed E-state index contributed by atoms with van der Waals surface area (Å²) >= 11 is 0. The summed E-state index contributed by atoms with van der Waals surface area (Å²) in [5.74, 6) is 6.62. The largest absolute Gasteiger partial charge is 0.271 e. The zero-order valence-corrected chi connectivity index (χ0v) is 12.2. The van der Waals surface area contributed by atoms with Gasteiger partial charge in [0.1, 0.15) is 0 Å². The summed E-state index contributed by atoms with van der Waals surface area (Å²) in [6.45, 7) is 4.80. The molecule has 2 aliphatic rings. The van der Waals surface area contributed by atoms with E-state index in [9.17, 15) is 0 Å². The van der Waals surface area contributed by atoms with Gasteiger partial charge in [0.25, 0.3) is 0 Å². The molecule has 104 valence electrons. The molecule has 1 saturated carbocycles. The Balaban J connectivity index is 1.98. The molecule has 0 aliphatic heterocycles. The fourth-order valence-electron chi connectivity index (χ4n) is 3.62. The lowest BCUT2D eigenvalue weighted by atomic mass is 9.70. The van der Waals surface area contributed by atoms with Crippen molar-refractivity contribution >= 4 is 0 Å². The molecule has 1 unspecified atom stereocenters. The van der Waals surface area contributed by atoms with Gasteiger partial charge in [-0.25, -0.2) is 0 Å². The van der Waals surface area contributed by atoms with Crippen LogP contribution in [0.4, 0.5) is 0 Å². The first-order valence-corrected chi connectivity index (χ1v) is 7.77. The summed E-state index contributed by atoms with van der Waals surface area (Å²) in [6, 6.07) is 0.444. The molecule has 0 aromatic rings. The van der Waals surface area contributed by atoms with Crippen molar-refractivity contribution in [1.82, 2.24) is 5.43 Å². The van der Waals surface area contributed by atoms with Gasteiger partial charge in [0.15, 0.2) is 0 Å². The van der Waals surface area contributed by atoms with Gasteiger partial charge < -0.3 is 0 Å². The fraction of sp³-hybridized carbons (Fsp3) is 0.875. The van der Waals surface area contributed by atoms with Gasteiger partial charge in [0, 0.05) is 6.04 Å². The molecular weight excluding hydrogens is 220 g/mol. The van der Waals surface area contributed by atoms with Crippen LogP contribution in [0.15, 0.2) is 11.6 Å². The van der Waals surface area contributed by atoms with Crippen molar-refractivity contribution in [1.29, 1.82) is 0 Å². The molecule has 1 fully saturated rings. The number of hydrogen-bond donors (Lipinski definition) is 2. The first-order chi connectivity index (χ1) is 8.62. The van der Waals surface area contributed by atoms with Gasteiger partial charge in [0.05, 0.1) is 0 Å². The third kappa shape index (κ3) is 3.58. The Bertz CT molecular complexity index is 283. The van der Waals surface area contributed by atoms with Crippen molar-refractivity contribution in [2.45, 2.75) is 77.7 Å². The predicted octanol–water partition coefficient (Wildman–Crippen LogP) is 3.93. The Morgan fingerprint density at radius 3 is 2.61 bits per heavy atom. The average molecular weight is 250 g/mol. The van der Waals surface area contributed by atoms with Crippen LogP contribution in [0.1, 0.15) is 71.6 Å². The highest BCUT2D eigenvalue weighted by Gasteiger charge is 2.32. The maximum absolute atomic E-state index is 5.86. The van der Waals surface area contributed by atoms with Crippen molar-refractivity contribution < 1.29 is 0 Å². The quantitative estimate of drug-likeness (QED) is 0.452. The fourth-order valence-corrected chi connectivity index (χ4v) is 3.62. The molecule has 0 bridgehead atoms. The van der Waals surface area contributed by atoms with E-state index in [1.807, 2.05) is 0 Å². The van der Waals surface area contributed by atoms with Gasteiger partial charge in [-0.05, 0) is 62.7 Å². The molecule has 2 heteroatoms. The molecule has 0 radical (unpaired) electrons. The lowest BCUT2D eigenvalue weighted by molar-refractivity contribution is 0.169. The number of allylic oxidation sites excluding steroid dienone is 1. The first kappa shape index (κ1) is 14.1. The highest BCUT2D eigenvalue weighted by Crippen LogP contribution is 2.40. The summed E-state index contributed by atoms with van der Waals surface area (Å²) in [4.78, 5) is 0. The molecular formula is C16H30N2. The molecule has 0 spiro atoms. The van der Waals surface area contributed by atoms with Crippen LogP contribution in [0.2, 0.25) is 0 Å². The highest BCUT2D eigenvalue weighted by atomic mass is 15.2. The standard InChI is InChI=1S/C16H30N2/c1-16(2)11-9-14(10-12-16)15(18-17)13-7-5-3-4-6-8-13/h7,14-15,18H,3-6,8-12,17H2,1-2H3. The van der Waals surface area contributed by atoms with Crippen LogP contribution in [-0.4, -0.2) is 6.04 Å². The lowest BCUT2D eigenvalue weighted by Gasteiger charge is -2.38. The highest BCUT2D eigenvalue weighted by molar-refractivity contribution is 5.14. The topological polar surface area (TPSA) is 38.0 Å². The molecule has 0 aromatic heterocycles. The Kier molecular flexibility index (Phi) is 4.85. The Morgan fingerprint density at radius 1 is 1.22 bits per heavy atom. The van der Waals surface area contributed by atoms with E-state index in [4.69, 9.17) is 5.84 Å². The van der Waals surface area contributed by atoms with Gasteiger partial charge in [-0.1, -0.05) is 31.9 Å². The smallest absolute Gasteiger partial charge is 0.0448 e. The van der Waals surface area contributed by atoms with E-state index in [-0.39, 0.29) is 0 Å². The summed E-state index contributed by atoms with van der Waals surface area (Å²) in [5.41, 5.74) is 5.27. The molecule has 2 aliphatic carbocycles. The minimum Gasteiger partial charge on any atom is -0.271 e. The number of hydrazine groups is 1. The molecule has 3 N–H and O–H groups in total. The van der Waals surface area contributed by atoms with Crippen molar-refractivity contribution in [3.63, 3.8) is 0 Å². The van der Waals surface area contributed by atoms with E-state index >= 15 is 0 Å². The summed E-state index contributed by atoms with van der Waals surface area (Å²) in [6.07, 6.45) is 14.4. The minimum absolute atomic E-state index is 0.444. The molecule has 2 rings (SSSR count). The maximum Gasteiger partial charge on any atom is 0.0448 e. The van der Waals surface area contributed by atoms with Crippen molar-refractivity contribution in [3.05, 3.63) is 11.6 Å². The third-order valence-electron chi connectivity index (χ3n) is 5.01. The van der Waals surface area contributed by atoms with E-state index in [1.165, 1.54) is 57.8 Å². The summed E-state index contributed by atoms with van der Waals surface area (Å²) in [7, 11) is 0. The molecule has 2 nitrogen and oxygen atoms in total. The van der Waals surface area contributed by atoms with Gasteiger partial charge in [0.2, 0.25) is 0 Å². The van der Waals surface area contributed by atoms with Crippen LogP contribution in [0.3, 0.4) is 0 Å². The normalized spacial score (nSPS) is 27.4. The van der Waals surface area contributed by atoms with Crippen LogP contribution >= 0.6 is 0 Å². The average Bonchev–Trinajstić information content (AvgIpc) is 2.61. The third-order valence-corrected chi connectivity index (χ3v) is 5.01. The maximum atomic E-state index is 5.86. The lowest BCUT2D eigenvalue weighted by Crippen LogP contribution is -2.44. The van der Waals surface area contributed by atoms with Crippen LogP contribution in [0, 0.1) is 11.3 Å². The van der Waals surface area contributed by atoms with E-state index in [2.05, 4.69) is 25.3 Å². The van der Waals surface area contributed by atoms with Crippen molar-refractivity contribution in [3.8, 4) is 0 Å². The van der Waals surface area contributed by atoms with Gasteiger partial charge >= 0.3 is 0 Å². The molecule has 1 atom stereocenters. The molecule has 0 saturated heterocycles. The van der Waals surface area contributed by atoms with E-state index in [1.54, 1.807) is 5.57 Å². The monoisotopic (exact) mass is 250 g/mol. The second kappa shape index (κ2) is 6.21. The van der Waals surface area contributed by atoms with Gasteiger partial charge in [-0.3, -0.25) is 11.3 Å². The number of hydrogen-bond acceptors (Lipinski definition) is 2. The second-order valence-corrected chi connectivity index (χ2v) is 7.02. The van der Waals surface area contributed by atoms with E-state index in [0.717, 1.165) is 5.92 Å². The molecule has 0 aromatic carbocycles. The Hall–Kier alpha value is -0.340. The second-order valence-electron chi connectivity index (χ2n) is 7.02.